The van der Waals surface area contributed by atoms with Crippen LogP contribution in [0, 0.1) is 26.6 Å². The number of hydrogen-bond acceptors (Lipinski definition) is 1. The van der Waals surface area contributed by atoms with Gasteiger partial charge in [0.05, 0.1) is 0 Å². The molecule has 0 aromatic heterocycles. The van der Waals surface area contributed by atoms with Crippen molar-refractivity contribution in [3.8, 4) is 0 Å². The monoisotopic (exact) mass is 285 g/mol. The summed E-state index contributed by atoms with van der Waals surface area (Å²) in [6, 6.07) is 11.6. The number of halogens is 1. The molecule has 112 valence electrons. The van der Waals surface area contributed by atoms with Crippen LogP contribution in [0.15, 0.2) is 36.4 Å². The average molecular weight is 285 g/mol. The Morgan fingerprint density at radius 2 is 1.67 bits per heavy atom. The first-order valence-electron chi connectivity index (χ1n) is 7.57. The smallest absolute Gasteiger partial charge is 0.123 e. The van der Waals surface area contributed by atoms with Gasteiger partial charge in [-0.1, -0.05) is 31.2 Å². The summed E-state index contributed by atoms with van der Waals surface area (Å²) in [5, 5.41) is 3.55. The van der Waals surface area contributed by atoms with Crippen molar-refractivity contribution in [3.05, 3.63) is 70.0 Å². The molecule has 0 saturated carbocycles. The lowest BCUT2D eigenvalue weighted by Crippen LogP contribution is -2.25. The Labute approximate surface area is 127 Å². The Balaban J connectivity index is 2.38. The van der Waals surface area contributed by atoms with Gasteiger partial charge in [-0.2, -0.15) is 0 Å². The first-order valence-corrected chi connectivity index (χ1v) is 7.57. The van der Waals surface area contributed by atoms with Crippen LogP contribution in [0.5, 0.6) is 0 Å². The molecule has 1 N–H and O–H groups in total. The molecule has 0 aliphatic rings. The molecule has 0 spiro atoms. The fraction of sp³-hybridized carbons (Fsp3) is 0.368. The van der Waals surface area contributed by atoms with Gasteiger partial charge in [0.15, 0.2) is 0 Å². The minimum atomic E-state index is -0.160. The number of nitrogens with one attached hydrogen (secondary N) is 1. The second-order valence-corrected chi connectivity index (χ2v) is 5.69. The molecule has 0 saturated heterocycles. The van der Waals surface area contributed by atoms with E-state index in [1.54, 1.807) is 6.07 Å². The van der Waals surface area contributed by atoms with Crippen LogP contribution in [0.2, 0.25) is 0 Å². The Hall–Kier alpha value is -1.67. The molecule has 0 aliphatic heterocycles. The van der Waals surface area contributed by atoms with Crippen LogP contribution in [-0.4, -0.2) is 6.54 Å². The molecule has 2 rings (SSSR count). The van der Waals surface area contributed by atoms with Crippen molar-refractivity contribution in [3.63, 3.8) is 0 Å². The highest BCUT2D eigenvalue weighted by atomic mass is 19.1. The maximum Gasteiger partial charge on any atom is 0.123 e. The number of hydrogen-bond donors (Lipinski definition) is 1. The van der Waals surface area contributed by atoms with E-state index in [0.717, 1.165) is 24.1 Å². The van der Waals surface area contributed by atoms with Gasteiger partial charge < -0.3 is 5.32 Å². The van der Waals surface area contributed by atoms with Crippen LogP contribution in [0.4, 0.5) is 4.39 Å². The molecular formula is C19H24FN. The van der Waals surface area contributed by atoms with Crippen molar-refractivity contribution in [2.24, 2.45) is 0 Å². The molecule has 2 aromatic carbocycles. The third kappa shape index (κ3) is 3.70. The van der Waals surface area contributed by atoms with E-state index in [0.29, 0.717) is 0 Å². The van der Waals surface area contributed by atoms with Gasteiger partial charge in [-0.15, -0.1) is 0 Å². The molecular weight excluding hydrogens is 261 g/mol. The van der Waals surface area contributed by atoms with Gasteiger partial charge in [0, 0.05) is 6.04 Å². The van der Waals surface area contributed by atoms with E-state index in [2.05, 4.69) is 44.3 Å². The van der Waals surface area contributed by atoms with E-state index in [9.17, 15) is 4.39 Å². The third-order valence-electron chi connectivity index (χ3n) is 4.08. The average Bonchev–Trinajstić information content (AvgIpc) is 2.43. The zero-order valence-electron chi connectivity index (χ0n) is 13.3. The third-order valence-corrected chi connectivity index (χ3v) is 4.08. The summed E-state index contributed by atoms with van der Waals surface area (Å²) < 4.78 is 13.5. The largest absolute Gasteiger partial charge is 0.310 e. The second-order valence-electron chi connectivity index (χ2n) is 5.69. The Bertz CT molecular complexity index is 599. The predicted molar refractivity (Wildman–Crippen MR) is 87.2 cm³/mol. The Kier molecular flexibility index (Phi) is 5.13. The summed E-state index contributed by atoms with van der Waals surface area (Å²) in [5.41, 5.74) is 6.13. The van der Waals surface area contributed by atoms with E-state index >= 15 is 0 Å². The summed E-state index contributed by atoms with van der Waals surface area (Å²) in [6.45, 7) is 9.34. The Morgan fingerprint density at radius 1 is 1.00 bits per heavy atom. The molecule has 2 heteroatoms. The van der Waals surface area contributed by atoms with E-state index in [4.69, 9.17) is 0 Å². The summed E-state index contributed by atoms with van der Waals surface area (Å²) in [6.07, 6.45) is 0.809. The molecule has 0 bridgehead atoms. The van der Waals surface area contributed by atoms with Gasteiger partial charge in [-0.05, 0) is 73.7 Å². The lowest BCUT2D eigenvalue weighted by molar-refractivity contribution is 0.541. The van der Waals surface area contributed by atoms with Crippen molar-refractivity contribution in [1.29, 1.82) is 0 Å². The first kappa shape index (κ1) is 15.7. The highest BCUT2D eigenvalue weighted by Crippen LogP contribution is 2.26. The summed E-state index contributed by atoms with van der Waals surface area (Å²) in [5.74, 6) is -0.160. The van der Waals surface area contributed by atoms with Crippen LogP contribution in [0.25, 0.3) is 0 Å². The molecule has 0 amide bonds. The minimum Gasteiger partial charge on any atom is -0.310 e. The van der Waals surface area contributed by atoms with Crippen molar-refractivity contribution in [1.82, 2.24) is 5.32 Å². The van der Waals surface area contributed by atoms with Gasteiger partial charge in [-0.3, -0.25) is 0 Å². The lowest BCUT2D eigenvalue weighted by atomic mass is 9.90. The number of rotatable bonds is 5. The number of benzene rings is 2. The van der Waals surface area contributed by atoms with Crippen molar-refractivity contribution in [2.75, 3.05) is 6.54 Å². The van der Waals surface area contributed by atoms with Crippen LogP contribution < -0.4 is 5.32 Å². The van der Waals surface area contributed by atoms with Crippen LogP contribution in [0.3, 0.4) is 0 Å². The summed E-state index contributed by atoms with van der Waals surface area (Å²) >= 11 is 0. The molecule has 0 fully saturated rings. The summed E-state index contributed by atoms with van der Waals surface area (Å²) in [7, 11) is 0. The van der Waals surface area contributed by atoms with Crippen LogP contribution >= 0.6 is 0 Å². The van der Waals surface area contributed by atoms with Gasteiger partial charge in [0.25, 0.3) is 0 Å². The molecule has 0 heterocycles. The SMILES string of the molecule is CCNC(Cc1cc(F)ccc1C)c1c(C)cccc1C. The minimum absolute atomic E-state index is 0.160. The highest BCUT2D eigenvalue weighted by Gasteiger charge is 2.17. The van der Waals surface area contributed by atoms with Crippen LogP contribution in [-0.2, 0) is 6.42 Å². The van der Waals surface area contributed by atoms with Gasteiger partial charge in [0.1, 0.15) is 5.82 Å². The zero-order chi connectivity index (χ0) is 15.4. The second kappa shape index (κ2) is 6.86. The molecule has 1 atom stereocenters. The fourth-order valence-electron chi connectivity index (χ4n) is 2.98. The fourth-order valence-corrected chi connectivity index (χ4v) is 2.98. The molecule has 0 radical (unpaired) electrons. The standard InChI is InChI=1S/C19H24FN/c1-5-21-18(19-14(3)7-6-8-15(19)4)12-16-11-17(20)10-9-13(16)2/h6-11,18,21H,5,12H2,1-4H3. The molecule has 1 unspecified atom stereocenters. The molecule has 2 aromatic rings. The molecule has 21 heavy (non-hydrogen) atoms. The van der Waals surface area contributed by atoms with Gasteiger partial charge >= 0.3 is 0 Å². The zero-order valence-corrected chi connectivity index (χ0v) is 13.3. The topological polar surface area (TPSA) is 12.0 Å². The number of likely N-dealkylation sites (N-methyl/N-ethyl adjacent to an activating group) is 1. The summed E-state index contributed by atoms with van der Waals surface area (Å²) in [4.78, 5) is 0. The van der Waals surface area contributed by atoms with E-state index in [1.807, 2.05) is 13.0 Å². The lowest BCUT2D eigenvalue weighted by Gasteiger charge is -2.23. The number of aryl methyl sites for hydroxylation is 3. The van der Waals surface area contributed by atoms with Gasteiger partial charge in [-0.25, -0.2) is 4.39 Å². The van der Waals surface area contributed by atoms with Gasteiger partial charge in [0.2, 0.25) is 0 Å². The van der Waals surface area contributed by atoms with E-state index < -0.39 is 0 Å². The predicted octanol–water partition coefficient (Wildman–Crippen LogP) is 4.64. The normalized spacial score (nSPS) is 12.4. The Morgan fingerprint density at radius 3 is 2.29 bits per heavy atom. The van der Waals surface area contributed by atoms with E-state index in [-0.39, 0.29) is 11.9 Å². The van der Waals surface area contributed by atoms with Crippen molar-refractivity contribution in [2.45, 2.75) is 40.2 Å². The van der Waals surface area contributed by atoms with Crippen molar-refractivity contribution < 1.29 is 4.39 Å². The maximum atomic E-state index is 13.5. The van der Waals surface area contributed by atoms with E-state index in [1.165, 1.54) is 22.8 Å². The molecule has 0 aliphatic carbocycles. The van der Waals surface area contributed by atoms with Crippen molar-refractivity contribution >= 4 is 0 Å². The van der Waals surface area contributed by atoms with Crippen LogP contribution in [0.1, 0.15) is 40.8 Å². The molecule has 1 nitrogen and oxygen atoms in total. The highest BCUT2D eigenvalue weighted by molar-refractivity contribution is 5.38. The quantitative estimate of drug-likeness (QED) is 0.843. The first-order chi connectivity index (χ1) is 10.0. The maximum absolute atomic E-state index is 13.5.